The molecule has 1 aromatic rings. The summed E-state index contributed by atoms with van der Waals surface area (Å²) in [6.45, 7) is 1.57. The molecular formula is C13H11F4NO. The van der Waals surface area contributed by atoms with Gasteiger partial charge >= 0.3 is 6.18 Å². The summed E-state index contributed by atoms with van der Waals surface area (Å²) in [6.07, 6.45) is 0.389. The first-order valence-electron chi connectivity index (χ1n) is 5.37. The van der Waals surface area contributed by atoms with E-state index in [1.807, 2.05) is 0 Å². The number of benzene rings is 1. The fraction of sp³-hybridized carbons (Fsp3) is 0.308. The minimum absolute atomic E-state index is 0.201. The number of amides is 1. The Labute approximate surface area is 107 Å². The molecule has 0 aliphatic rings. The summed E-state index contributed by atoms with van der Waals surface area (Å²) in [5.41, 5.74) is -2.12. The number of nitrogens with one attached hydrogen (secondary N) is 1. The zero-order chi connectivity index (χ0) is 14.6. The largest absolute Gasteiger partial charge is 0.419 e. The summed E-state index contributed by atoms with van der Waals surface area (Å²) >= 11 is 0. The molecule has 0 aliphatic heterocycles. The smallest absolute Gasteiger partial charge is 0.349 e. The van der Waals surface area contributed by atoms with Crippen LogP contribution in [0.4, 0.5) is 17.6 Å². The molecule has 102 valence electrons. The molecule has 0 heterocycles. The summed E-state index contributed by atoms with van der Waals surface area (Å²) in [4.78, 5) is 11.6. The molecule has 0 bridgehead atoms. The van der Waals surface area contributed by atoms with Crippen LogP contribution in [0.2, 0.25) is 0 Å². The first-order chi connectivity index (χ1) is 8.77. The molecule has 6 heteroatoms. The Hall–Kier alpha value is -2.03. The fourth-order valence-electron chi connectivity index (χ4n) is 1.46. The van der Waals surface area contributed by atoms with Crippen molar-refractivity contribution in [1.29, 1.82) is 0 Å². The predicted molar refractivity (Wildman–Crippen MR) is 61.8 cm³/mol. The van der Waals surface area contributed by atoms with Gasteiger partial charge in [-0.2, -0.15) is 13.2 Å². The second kappa shape index (κ2) is 5.74. The van der Waals surface area contributed by atoms with Crippen molar-refractivity contribution in [3.8, 4) is 12.3 Å². The molecule has 1 atom stereocenters. The lowest BCUT2D eigenvalue weighted by atomic mass is 10.1. The number of terminal acetylenes is 1. The average Bonchev–Trinajstić information content (AvgIpc) is 2.27. The lowest BCUT2D eigenvalue weighted by Crippen LogP contribution is -2.33. The highest BCUT2D eigenvalue weighted by Crippen LogP contribution is 2.32. The van der Waals surface area contributed by atoms with Crippen LogP contribution in [0.3, 0.4) is 0 Å². The van der Waals surface area contributed by atoms with Gasteiger partial charge in [0.25, 0.3) is 5.91 Å². The summed E-state index contributed by atoms with van der Waals surface area (Å²) in [7, 11) is 0. The van der Waals surface area contributed by atoms with Gasteiger partial charge in [0, 0.05) is 12.5 Å². The lowest BCUT2D eigenvalue weighted by molar-refractivity contribution is -0.140. The summed E-state index contributed by atoms with van der Waals surface area (Å²) in [5, 5.41) is 2.33. The van der Waals surface area contributed by atoms with Crippen LogP contribution in [0.15, 0.2) is 18.2 Å². The second-order valence-electron chi connectivity index (χ2n) is 3.95. The van der Waals surface area contributed by atoms with E-state index in [0.717, 1.165) is 12.1 Å². The highest BCUT2D eigenvalue weighted by Gasteiger charge is 2.35. The number of rotatable bonds is 3. The fourth-order valence-corrected chi connectivity index (χ4v) is 1.46. The van der Waals surface area contributed by atoms with Gasteiger partial charge in [0.05, 0.1) is 11.1 Å². The maximum Gasteiger partial charge on any atom is 0.419 e. The van der Waals surface area contributed by atoms with Crippen LogP contribution >= 0.6 is 0 Å². The molecule has 0 saturated carbocycles. The Morgan fingerprint density at radius 3 is 2.63 bits per heavy atom. The molecule has 1 rings (SSSR count). The van der Waals surface area contributed by atoms with Crippen molar-refractivity contribution in [1.82, 2.24) is 5.32 Å². The molecular weight excluding hydrogens is 262 g/mol. The molecule has 1 unspecified atom stereocenters. The minimum atomic E-state index is -4.84. The Morgan fingerprint density at radius 1 is 1.47 bits per heavy atom. The van der Waals surface area contributed by atoms with Crippen molar-refractivity contribution in [2.45, 2.75) is 25.6 Å². The van der Waals surface area contributed by atoms with E-state index >= 15 is 0 Å². The van der Waals surface area contributed by atoms with Crippen molar-refractivity contribution in [2.75, 3.05) is 0 Å². The van der Waals surface area contributed by atoms with Gasteiger partial charge in [-0.15, -0.1) is 12.3 Å². The van der Waals surface area contributed by atoms with E-state index in [4.69, 9.17) is 6.42 Å². The number of halogens is 4. The molecule has 2 nitrogen and oxygen atoms in total. The van der Waals surface area contributed by atoms with Crippen LogP contribution in [0.1, 0.15) is 29.3 Å². The topological polar surface area (TPSA) is 29.1 Å². The van der Waals surface area contributed by atoms with Crippen molar-refractivity contribution in [3.05, 3.63) is 35.1 Å². The van der Waals surface area contributed by atoms with Crippen LogP contribution in [0, 0.1) is 18.2 Å². The van der Waals surface area contributed by atoms with Crippen molar-refractivity contribution in [3.63, 3.8) is 0 Å². The van der Waals surface area contributed by atoms with Gasteiger partial charge in [-0.05, 0) is 19.1 Å². The molecule has 19 heavy (non-hydrogen) atoms. The van der Waals surface area contributed by atoms with Crippen LogP contribution in [0.25, 0.3) is 0 Å². The minimum Gasteiger partial charge on any atom is -0.349 e. The highest BCUT2D eigenvalue weighted by molar-refractivity contribution is 5.94. The molecule has 0 spiro atoms. The van der Waals surface area contributed by atoms with Crippen LogP contribution < -0.4 is 5.32 Å². The van der Waals surface area contributed by atoms with E-state index in [1.54, 1.807) is 6.92 Å². The maximum atomic E-state index is 13.6. The molecule has 0 aromatic heterocycles. The van der Waals surface area contributed by atoms with Crippen LogP contribution in [-0.4, -0.2) is 11.9 Å². The quantitative estimate of drug-likeness (QED) is 0.665. The third-order valence-electron chi connectivity index (χ3n) is 2.35. The Bertz CT molecular complexity index is 516. The maximum absolute atomic E-state index is 13.6. The highest BCUT2D eigenvalue weighted by atomic mass is 19.4. The summed E-state index contributed by atoms with van der Waals surface area (Å²) < 4.78 is 51.1. The monoisotopic (exact) mass is 273 g/mol. The first-order valence-corrected chi connectivity index (χ1v) is 5.37. The van der Waals surface area contributed by atoms with Gasteiger partial charge in [0.1, 0.15) is 5.82 Å². The van der Waals surface area contributed by atoms with Crippen molar-refractivity contribution < 1.29 is 22.4 Å². The van der Waals surface area contributed by atoms with Crippen molar-refractivity contribution >= 4 is 5.91 Å². The number of carbonyl (C=O) groups excluding carboxylic acids is 1. The average molecular weight is 273 g/mol. The third-order valence-corrected chi connectivity index (χ3v) is 2.35. The van der Waals surface area contributed by atoms with E-state index in [2.05, 4.69) is 11.2 Å². The van der Waals surface area contributed by atoms with E-state index in [1.165, 1.54) is 0 Å². The normalized spacial score (nSPS) is 12.6. The number of carbonyl (C=O) groups is 1. The van der Waals surface area contributed by atoms with Gasteiger partial charge in [-0.3, -0.25) is 4.79 Å². The van der Waals surface area contributed by atoms with Gasteiger partial charge in [-0.1, -0.05) is 6.07 Å². The Morgan fingerprint density at radius 2 is 2.11 bits per heavy atom. The van der Waals surface area contributed by atoms with Crippen LogP contribution in [0.5, 0.6) is 0 Å². The first kappa shape index (κ1) is 15.0. The number of alkyl halides is 3. The molecule has 1 amide bonds. The van der Waals surface area contributed by atoms with Crippen molar-refractivity contribution in [2.24, 2.45) is 0 Å². The Kier molecular flexibility index (Phi) is 4.54. The van der Waals surface area contributed by atoms with E-state index in [0.29, 0.717) is 6.07 Å². The molecule has 1 N–H and O–H groups in total. The summed E-state index contributed by atoms with van der Waals surface area (Å²) in [6, 6.07) is 2.10. The number of hydrogen-bond donors (Lipinski definition) is 1. The third kappa shape index (κ3) is 3.71. The van der Waals surface area contributed by atoms with Gasteiger partial charge in [0.15, 0.2) is 0 Å². The van der Waals surface area contributed by atoms with Gasteiger partial charge < -0.3 is 5.32 Å². The summed E-state index contributed by atoms with van der Waals surface area (Å²) in [5.74, 6) is -0.222. The van der Waals surface area contributed by atoms with Crippen LogP contribution in [-0.2, 0) is 6.18 Å². The molecule has 0 saturated heterocycles. The molecule has 0 fully saturated rings. The molecule has 1 aromatic carbocycles. The molecule has 0 aliphatic carbocycles. The van der Waals surface area contributed by atoms with Gasteiger partial charge in [0.2, 0.25) is 0 Å². The van der Waals surface area contributed by atoms with E-state index in [-0.39, 0.29) is 6.42 Å². The van der Waals surface area contributed by atoms with E-state index in [9.17, 15) is 22.4 Å². The zero-order valence-electron chi connectivity index (χ0n) is 10.0. The molecule has 0 radical (unpaired) electrons. The van der Waals surface area contributed by atoms with E-state index < -0.39 is 35.1 Å². The lowest BCUT2D eigenvalue weighted by Gasteiger charge is -2.13. The second-order valence-corrected chi connectivity index (χ2v) is 3.95. The zero-order valence-corrected chi connectivity index (χ0v) is 10.0. The van der Waals surface area contributed by atoms with Gasteiger partial charge in [-0.25, -0.2) is 4.39 Å². The number of hydrogen-bond acceptors (Lipinski definition) is 1. The standard InChI is InChI=1S/C13H11F4NO/c1-3-5-8(2)18-12(19)9-6-4-7-10(11(9)14)13(15,16)17/h1,4,6-8H,5H2,2H3,(H,18,19). The predicted octanol–water partition coefficient (Wildman–Crippen LogP) is 2.99. The Balaban J connectivity index is 3.03. The SMILES string of the molecule is C#CCC(C)NC(=O)c1cccc(C(F)(F)F)c1F.